The lowest BCUT2D eigenvalue weighted by molar-refractivity contribution is -0.111. The topological polar surface area (TPSA) is 88.7 Å². The van der Waals surface area contributed by atoms with E-state index < -0.39 is 5.83 Å². The van der Waals surface area contributed by atoms with Crippen LogP contribution < -0.4 is 21.1 Å². The first-order valence-electron chi connectivity index (χ1n) is 9.76. The van der Waals surface area contributed by atoms with Crippen LogP contribution in [0.25, 0.3) is 0 Å². The molecule has 7 heteroatoms. The average molecular weight is 423 g/mol. The number of aliphatic imine (C=N–C) groups is 1. The van der Waals surface area contributed by atoms with Crippen molar-refractivity contribution in [1.29, 1.82) is 0 Å². The first-order valence-corrected chi connectivity index (χ1v) is 9.76. The van der Waals surface area contributed by atoms with Gasteiger partial charge in [0.05, 0.1) is 6.21 Å². The summed E-state index contributed by atoms with van der Waals surface area (Å²) in [7, 11) is 0. The van der Waals surface area contributed by atoms with Gasteiger partial charge in [0.25, 0.3) is 0 Å². The van der Waals surface area contributed by atoms with Crippen LogP contribution in [-0.2, 0) is 4.79 Å². The van der Waals surface area contributed by atoms with E-state index in [1.54, 1.807) is 36.4 Å². The highest BCUT2D eigenvalue weighted by molar-refractivity contribution is 5.98. The number of hydrogen-bond donors (Lipinski definition) is 3. The van der Waals surface area contributed by atoms with Crippen LogP contribution >= 0.6 is 0 Å². The molecule has 0 aliphatic rings. The summed E-state index contributed by atoms with van der Waals surface area (Å²) in [4.78, 5) is 15.7. The minimum atomic E-state index is -0.624. The number of benzene rings is 2. The Balaban J connectivity index is 2.16. The van der Waals surface area contributed by atoms with Gasteiger partial charge in [-0.1, -0.05) is 19.6 Å². The number of anilines is 3. The number of nitrogen functional groups attached to an aromatic ring is 1. The molecule has 0 radical (unpaired) electrons. The van der Waals surface area contributed by atoms with Gasteiger partial charge < -0.3 is 21.1 Å². The van der Waals surface area contributed by atoms with E-state index in [0.717, 1.165) is 30.0 Å². The maximum Gasteiger partial charge on any atom is 0.247 e. The van der Waals surface area contributed by atoms with Crippen molar-refractivity contribution >= 4 is 29.2 Å². The van der Waals surface area contributed by atoms with E-state index in [9.17, 15) is 9.18 Å². The summed E-state index contributed by atoms with van der Waals surface area (Å²) < 4.78 is 20.2. The Bertz CT molecular complexity index is 1020. The molecule has 6 nitrogen and oxygen atoms in total. The van der Waals surface area contributed by atoms with Crippen LogP contribution in [-0.4, -0.2) is 12.1 Å². The number of halogens is 1. The fourth-order valence-electron chi connectivity index (χ4n) is 2.39. The van der Waals surface area contributed by atoms with Crippen LogP contribution in [0.4, 0.5) is 21.5 Å². The van der Waals surface area contributed by atoms with Crippen LogP contribution in [0.1, 0.15) is 27.2 Å². The Morgan fingerprint density at radius 2 is 1.87 bits per heavy atom. The van der Waals surface area contributed by atoms with Gasteiger partial charge in [-0.25, -0.2) is 9.38 Å². The molecule has 0 saturated carbocycles. The molecule has 4 N–H and O–H groups in total. The monoisotopic (exact) mass is 422 g/mol. The highest BCUT2D eigenvalue weighted by atomic mass is 19.1. The molecule has 162 valence electrons. The summed E-state index contributed by atoms with van der Waals surface area (Å²) >= 11 is 0. The fourth-order valence-corrected chi connectivity index (χ4v) is 2.39. The van der Waals surface area contributed by atoms with Crippen LogP contribution in [0.3, 0.4) is 0 Å². The van der Waals surface area contributed by atoms with Crippen molar-refractivity contribution in [2.45, 2.75) is 27.2 Å². The Kier molecular flexibility index (Phi) is 8.57. The number of allylic oxidation sites excluding steroid dienone is 3. The quantitative estimate of drug-likeness (QED) is 0.206. The van der Waals surface area contributed by atoms with Crippen molar-refractivity contribution < 1.29 is 13.9 Å². The summed E-state index contributed by atoms with van der Waals surface area (Å²) in [5.41, 5.74) is 8.64. The molecule has 2 aromatic rings. The second-order valence-corrected chi connectivity index (χ2v) is 6.72. The van der Waals surface area contributed by atoms with Gasteiger partial charge in [0.1, 0.15) is 17.3 Å². The van der Waals surface area contributed by atoms with Gasteiger partial charge in [-0.15, -0.1) is 0 Å². The molecule has 2 aromatic carbocycles. The SMILES string of the molecule is C=CC(=O)Nc1cccc(O/C(C)=C(F)/C=N\C(Nc2ccc(N)cc2)=C(/C)CC)c1. The van der Waals surface area contributed by atoms with E-state index >= 15 is 0 Å². The zero-order chi connectivity index (χ0) is 22.8. The highest BCUT2D eigenvalue weighted by Crippen LogP contribution is 2.21. The summed E-state index contributed by atoms with van der Waals surface area (Å²) in [5, 5.41) is 5.80. The van der Waals surface area contributed by atoms with E-state index in [2.05, 4.69) is 22.2 Å². The van der Waals surface area contributed by atoms with Crippen LogP contribution in [0, 0.1) is 0 Å². The summed E-state index contributed by atoms with van der Waals surface area (Å²) in [5.74, 6) is -0.00677. The second-order valence-electron chi connectivity index (χ2n) is 6.72. The number of carbonyl (C=O) groups excluding carboxylic acids is 1. The number of ether oxygens (including phenoxy) is 1. The lowest BCUT2D eigenvalue weighted by Gasteiger charge is -2.11. The third kappa shape index (κ3) is 7.47. The summed E-state index contributed by atoms with van der Waals surface area (Å²) in [6.45, 7) is 8.82. The number of carbonyl (C=O) groups is 1. The molecule has 0 saturated heterocycles. The summed E-state index contributed by atoms with van der Waals surface area (Å²) in [6, 6.07) is 13.8. The second kappa shape index (κ2) is 11.3. The number of nitrogens with zero attached hydrogens (tertiary/aromatic N) is 1. The zero-order valence-corrected chi connectivity index (χ0v) is 17.9. The molecule has 1 amide bonds. The predicted molar refractivity (Wildman–Crippen MR) is 126 cm³/mol. The van der Waals surface area contributed by atoms with E-state index in [0.29, 0.717) is 22.9 Å². The first kappa shape index (κ1) is 23.4. The van der Waals surface area contributed by atoms with E-state index in [4.69, 9.17) is 10.5 Å². The minimum absolute atomic E-state index is 0.0388. The molecule has 0 aromatic heterocycles. The normalized spacial score (nSPS) is 12.6. The third-order valence-corrected chi connectivity index (χ3v) is 4.31. The summed E-state index contributed by atoms with van der Waals surface area (Å²) in [6.07, 6.45) is 3.02. The van der Waals surface area contributed by atoms with Crippen molar-refractivity contribution in [3.05, 3.63) is 84.2 Å². The Morgan fingerprint density at radius 1 is 1.16 bits per heavy atom. The van der Waals surface area contributed by atoms with Gasteiger partial charge in [-0.05, 0) is 68.3 Å². The van der Waals surface area contributed by atoms with Crippen molar-refractivity contribution in [1.82, 2.24) is 0 Å². The smallest absolute Gasteiger partial charge is 0.247 e. The number of rotatable bonds is 9. The molecule has 0 aliphatic carbocycles. The molecule has 0 unspecified atom stereocenters. The molecule has 31 heavy (non-hydrogen) atoms. The van der Waals surface area contributed by atoms with Crippen molar-refractivity contribution in [3.8, 4) is 5.75 Å². The van der Waals surface area contributed by atoms with E-state index in [1.807, 2.05) is 26.0 Å². The predicted octanol–water partition coefficient (Wildman–Crippen LogP) is 5.80. The maximum absolute atomic E-state index is 14.6. The zero-order valence-electron chi connectivity index (χ0n) is 17.9. The van der Waals surface area contributed by atoms with Crippen LogP contribution in [0.5, 0.6) is 5.75 Å². The molecule has 0 aliphatic heterocycles. The Labute approximate surface area is 182 Å². The van der Waals surface area contributed by atoms with Crippen molar-refractivity contribution in [2.24, 2.45) is 4.99 Å². The van der Waals surface area contributed by atoms with Crippen LogP contribution in [0.2, 0.25) is 0 Å². The van der Waals surface area contributed by atoms with Gasteiger partial charge in [0.15, 0.2) is 5.83 Å². The maximum atomic E-state index is 14.6. The number of nitrogens with two attached hydrogens (primary N) is 1. The lowest BCUT2D eigenvalue weighted by atomic mass is 10.2. The molecule has 2 rings (SSSR count). The van der Waals surface area contributed by atoms with Gasteiger partial charge in [0, 0.05) is 23.1 Å². The molecule has 0 bridgehead atoms. The number of amides is 1. The largest absolute Gasteiger partial charge is 0.459 e. The third-order valence-electron chi connectivity index (χ3n) is 4.31. The van der Waals surface area contributed by atoms with E-state index in [-0.39, 0.29) is 11.7 Å². The molecule has 0 heterocycles. The van der Waals surface area contributed by atoms with Gasteiger partial charge in [-0.3, -0.25) is 4.79 Å². The minimum Gasteiger partial charge on any atom is -0.459 e. The van der Waals surface area contributed by atoms with Crippen molar-refractivity contribution in [3.63, 3.8) is 0 Å². The van der Waals surface area contributed by atoms with E-state index in [1.165, 1.54) is 6.92 Å². The van der Waals surface area contributed by atoms with Crippen LogP contribution in [0.15, 0.2) is 89.2 Å². The molecular weight excluding hydrogens is 395 g/mol. The molecule has 0 atom stereocenters. The fraction of sp³-hybridized carbons (Fsp3) is 0.167. The molecule has 0 fully saturated rings. The molecular formula is C24H27FN4O2. The molecule has 0 spiro atoms. The van der Waals surface area contributed by atoms with Gasteiger partial charge in [0.2, 0.25) is 5.91 Å². The first-order chi connectivity index (χ1) is 14.8. The number of hydrogen-bond acceptors (Lipinski definition) is 5. The average Bonchev–Trinajstić information content (AvgIpc) is 2.77. The Hall–Kier alpha value is -3.87. The van der Waals surface area contributed by atoms with Gasteiger partial charge in [-0.2, -0.15) is 0 Å². The number of nitrogens with one attached hydrogen (secondary N) is 2. The lowest BCUT2D eigenvalue weighted by Crippen LogP contribution is -2.07. The Morgan fingerprint density at radius 3 is 2.52 bits per heavy atom. The highest BCUT2D eigenvalue weighted by Gasteiger charge is 2.06. The standard InChI is InChI=1S/C24H27FN4O2/c1-5-16(3)24(29-19-12-10-18(26)11-13-19)27-15-22(25)17(4)31-21-9-7-8-20(14-21)28-23(30)6-2/h6-15,29H,2,5,26H2,1,3-4H3,(H,28,30)/b22-17-,24-16-,27-15-. The van der Waals surface area contributed by atoms with Gasteiger partial charge >= 0.3 is 0 Å². The van der Waals surface area contributed by atoms with Crippen molar-refractivity contribution in [2.75, 3.05) is 16.4 Å².